The predicted molar refractivity (Wildman–Crippen MR) is 136 cm³/mol. The Kier molecular flexibility index (Phi) is 7.38. The molecule has 9 heteroatoms. The van der Waals surface area contributed by atoms with Crippen LogP contribution in [0.3, 0.4) is 0 Å². The molecule has 1 amide bonds. The lowest BCUT2D eigenvalue weighted by molar-refractivity contribution is -0.117. The van der Waals surface area contributed by atoms with Gasteiger partial charge in [0.2, 0.25) is 15.9 Å². The fourth-order valence-electron chi connectivity index (χ4n) is 3.54. The highest BCUT2D eigenvalue weighted by molar-refractivity contribution is 7.89. The minimum atomic E-state index is -3.64. The second-order valence-electron chi connectivity index (χ2n) is 8.07. The van der Waals surface area contributed by atoms with Crippen molar-refractivity contribution in [1.82, 2.24) is 14.2 Å². The van der Waals surface area contributed by atoms with Gasteiger partial charge in [0.15, 0.2) is 0 Å². The Morgan fingerprint density at radius 1 is 0.912 bits per heavy atom. The number of carbonyl (C=O) groups is 1. The maximum Gasteiger partial charge on any atom is 0.243 e. The van der Waals surface area contributed by atoms with Crippen molar-refractivity contribution in [2.24, 2.45) is 0 Å². The predicted octanol–water partition coefficient (Wildman–Crippen LogP) is 4.19. The molecule has 1 aromatic heterocycles. The van der Waals surface area contributed by atoms with Crippen molar-refractivity contribution in [2.75, 3.05) is 26.0 Å². The van der Waals surface area contributed by atoms with E-state index in [1.807, 2.05) is 66.5 Å². The molecule has 0 aliphatic rings. The van der Waals surface area contributed by atoms with Crippen LogP contribution < -0.4 is 5.32 Å². The van der Waals surface area contributed by atoms with Crippen LogP contribution in [0, 0.1) is 0 Å². The summed E-state index contributed by atoms with van der Waals surface area (Å²) in [6.45, 7) is 1.04. The van der Waals surface area contributed by atoms with Gasteiger partial charge in [-0.1, -0.05) is 42.5 Å². The highest BCUT2D eigenvalue weighted by atomic mass is 32.2. The maximum atomic E-state index is 12.9. The van der Waals surface area contributed by atoms with Gasteiger partial charge >= 0.3 is 0 Å². The number of rotatable bonds is 9. The third-order valence-electron chi connectivity index (χ3n) is 5.25. The second-order valence-corrected chi connectivity index (χ2v) is 11.2. The van der Waals surface area contributed by atoms with Crippen LogP contribution in [-0.2, 0) is 27.9 Å². The van der Waals surface area contributed by atoms with E-state index in [0.29, 0.717) is 12.2 Å². The van der Waals surface area contributed by atoms with Gasteiger partial charge in [-0.05, 0) is 49.0 Å². The van der Waals surface area contributed by atoms with Gasteiger partial charge in [0.25, 0.3) is 0 Å². The molecule has 0 radical (unpaired) electrons. The normalized spacial score (nSPS) is 11.9. The van der Waals surface area contributed by atoms with Gasteiger partial charge in [0, 0.05) is 19.3 Å². The van der Waals surface area contributed by atoms with Crippen molar-refractivity contribution < 1.29 is 13.2 Å². The van der Waals surface area contributed by atoms with E-state index in [9.17, 15) is 13.2 Å². The lowest BCUT2D eigenvalue weighted by atomic mass is 10.2. The molecule has 0 atom stereocenters. The molecule has 0 fully saturated rings. The summed E-state index contributed by atoms with van der Waals surface area (Å²) >= 11 is 1.62. The molecule has 0 aliphatic heterocycles. The van der Waals surface area contributed by atoms with E-state index in [0.717, 1.165) is 20.8 Å². The van der Waals surface area contributed by atoms with Crippen LogP contribution in [0.25, 0.3) is 10.2 Å². The summed E-state index contributed by atoms with van der Waals surface area (Å²) in [6, 6.07) is 23.6. The number of amides is 1. The number of para-hydroxylation sites is 1. The Hall–Kier alpha value is -3.11. The average Bonchev–Trinajstić information content (AvgIpc) is 3.22. The molecule has 34 heavy (non-hydrogen) atoms. The SMILES string of the molecule is CN(CC(=O)Nc1ccc(S(=O)(=O)N(C)Cc2ccccc2)cc1)Cc1nc2ccccc2s1. The average molecular weight is 495 g/mol. The summed E-state index contributed by atoms with van der Waals surface area (Å²) in [5.41, 5.74) is 2.42. The zero-order chi connectivity index (χ0) is 24.1. The van der Waals surface area contributed by atoms with E-state index in [2.05, 4.69) is 10.3 Å². The van der Waals surface area contributed by atoms with Crippen LogP contribution in [0.2, 0.25) is 0 Å². The zero-order valence-corrected chi connectivity index (χ0v) is 20.6. The highest BCUT2D eigenvalue weighted by Crippen LogP contribution is 2.22. The summed E-state index contributed by atoms with van der Waals surface area (Å²) in [6.07, 6.45) is 0. The van der Waals surface area contributed by atoms with Gasteiger partial charge < -0.3 is 5.32 Å². The van der Waals surface area contributed by atoms with Crippen LogP contribution in [-0.4, -0.2) is 49.2 Å². The largest absolute Gasteiger partial charge is 0.325 e. The molecule has 4 aromatic rings. The number of hydrogen-bond acceptors (Lipinski definition) is 6. The zero-order valence-electron chi connectivity index (χ0n) is 19.0. The van der Waals surface area contributed by atoms with Crippen molar-refractivity contribution in [3.8, 4) is 0 Å². The number of likely N-dealkylation sites (N-methyl/N-ethyl adjacent to an activating group) is 1. The van der Waals surface area contributed by atoms with Crippen LogP contribution in [0.15, 0.2) is 83.8 Å². The molecule has 0 unspecified atom stereocenters. The third kappa shape index (κ3) is 5.87. The Morgan fingerprint density at radius 2 is 1.59 bits per heavy atom. The monoisotopic (exact) mass is 494 g/mol. The van der Waals surface area contributed by atoms with E-state index >= 15 is 0 Å². The van der Waals surface area contributed by atoms with Crippen molar-refractivity contribution in [3.05, 3.63) is 89.4 Å². The fourth-order valence-corrected chi connectivity index (χ4v) is 5.74. The Labute approximate surface area is 203 Å². The van der Waals surface area contributed by atoms with Gasteiger partial charge in [-0.25, -0.2) is 13.4 Å². The number of nitrogens with zero attached hydrogens (tertiary/aromatic N) is 3. The number of carbonyl (C=O) groups excluding carboxylic acids is 1. The van der Waals surface area contributed by atoms with E-state index in [4.69, 9.17) is 0 Å². The van der Waals surface area contributed by atoms with Crippen molar-refractivity contribution in [2.45, 2.75) is 18.0 Å². The molecule has 3 aromatic carbocycles. The maximum absolute atomic E-state index is 12.9. The number of benzene rings is 3. The van der Waals surface area contributed by atoms with Gasteiger partial charge in [-0.15, -0.1) is 11.3 Å². The van der Waals surface area contributed by atoms with Crippen molar-refractivity contribution in [3.63, 3.8) is 0 Å². The van der Waals surface area contributed by atoms with Gasteiger partial charge in [0.05, 0.1) is 28.2 Å². The number of fused-ring (bicyclic) bond motifs is 1. The number of nitrogens with one attached hydrogen (secondary N) is 1. The number of aromatic nitrogens is 1. The topological polar surface area (TPSA) is 82.6 Å². The summed E-state index contributed by atoms with van der Waals surface area (Å²) in [5, 5.41) is 3.78. The molecule has 4 rings (SSSR count). The summed E-state index contributed by atoms with van der Waals surface area (Å²) < 4.78 is 28.2. The minimum absolute atomic E-state index is 0.178. The Balaban J connectivity index is 1.32. The molecule has 0 bridgehead atoms. The van der Waals surface area contributed by atoms with E-state index in [-0.39, 0.29) is 23.9 Å². The van der Waals surface area contributed by atoms with Crippen LogP contribution in [0.1, 0.15) is 10.6 Å². The molecule has 0 saturated carbocycles. The first-order chi connectivity index (χ1) is 16.3. The number of thiazole rings is 1. The smallest absolute Gasteiger partial charge is 0.243 e. The van der Waals surface area contributed by atoms with Gasteiger partial charge in [-0.3, -0.25) is 9.69 Å². The van der Waals surface area contributed by atoms with E-state index in [1.165, 1.54) is 16.4 Å². The molecule has 176 valence electrons. The van der Waals surface area contributed by atoms with Crippen molar-refractivity contribution >= 4 is 43.2 Å². The Bertz CT molecular complexity index is 1340. The standard InChI is InChI=1S/C25H26N4O3S2/c1-28(18-25-27-22-10-6-7-11-23(22)33-25)17-24(30)26-20-12-14-21(15-13-20)34(31,32)29(2)16-19-8-4-3-5-9-19/h3-15H,16-18H2,1-2H3,(H,26,30). The lowest BCUT2D eigenvalue weighted by Gasteiger charge is -2.18. The third-order valence-corrected chi connectivity index (χ3v) is 8.09. The number of anilines is 1. The summed E-state index contributed by atoms with van der Waals surface area (Å²) in [5.74, 6) is -0.180. The van der Waals surface area contributed by atoms with Gasteiger partial charge in [-0.2, -0.15) is 4.31 Å². The van der Waals surface area contributed by atoms with Crippen molar-refractivity contribution in [1.29, 1.82) is 0 Å². The number of sulfonamides is 1. The first-order valence-corrected chi connectivity index (χ1v) is 13.0. The molecule has 7 nitrogen and oxygen atoms in total. The van der Waals surface area contributed by atoms with E-state index in [1.54, 1.807) is 30.5 Å². The molecule has 1 heterocycles. The Morgan fingerprint density at radius 3 is 2.29 bits per heavy atom. The molecular formula is C25H26N4O3S2. The van der Waals surface area contributed by atoms with Gasteiger partial charge in [0.1, 0.15) is 5.01 Å². The quantitative estimate of drug-likeness (QED) is 0.377. The summed E-state index contributed by atoms with van der Waals surface area (Å²) in [7, 11) is -0.221. The first kappa shape index (κ1) is 24.0. The minimum Gasteiger partial charge on any atom is -0.325 e. The second kappa shape index (κ2) is 10.4. The molecule has 0 spiro atoms. The molecular weight excluding hydrogens is 468 g/mol. The van der Waals surface area contributed by atoms with Crippen LogP contribution in [0.4, 0.5) is 5.69 Å². The number of hydrogen-bond donors (Lipinski definition) is 1. The lowest BCUT2D eigenvalue weighted by Crippen LogP contribution is -2.29. The first-order valence-electron chi connectivity index (χ1n) is 10.7. The highest BCUT2D eigenvalue weighted by Gasteiger charge is 2.21. The molecule has 0 aliphatic carbocycles. The molecule has 0 saturated heterocycles. The summed E-state index contributed by atoms with van der Waals surface area (Å²) in [4.78, 5) is 19.2. The van der Waals surface area contributed by atoms with Crippen LogP contribution in [0.5, 0.6) is 0 Å². The van der Waals surface area contributed by atoms with E-state index < -0.39 is 10.0 Å². The molecule has 1 N–H and O–H groups in total. The van der Waals surface area contributed by atoms with Crippen LogP contribution >= 0.6 is 11.3 Å². The fraction of sp³-hybridized carbons (Fsp3) is 0.200.